The molecule has 0 bridgehead atoms. The zero-order valence-electron chi connectivity index (χ0n) is 7.78. The number of methoxy groups -OCH3 is 1. The van der Waals surface area contributed by atoms with E-state index >= 15 is 0 Å². The van der Waals surface area contributed by atoms with Crippen LogP contribution in [0.3, 0.4) is 0 Å². The van der Waals surface area contributed by atoms with Crippen LogP contribution in [0.15, 0.2) is 22.6 Å². The molecule has 2 aromatic rings. The van der Waals surface area contributed by atoms with Crippen molar-refractivity contribution in [1.82, 2.24) is 0 Å². The highest BCUT2D eigenvalue weighted by Crippen LogP contribution is 2.34. The number of hydrogen-bond donors (Lipinski definition) is 1. The molecule has 0 spiro atoms. The van der Waals surface area contributed by atoms with Gasteiger partial charge in [0.1, 0.15) is 5.58 Å². The van der Waals surface area contributed by atoms with Crippen LogP contribution in [-0.4, -0.2) is 18.2 Å². The molecule has 5 heteroatoms. The Hall–Kier alpha value is -1.68. The maximum absolute atomic E-state index is 10.8. The van der Waals surface area contributed by atoms with E-state index in [4.69, 9.17) is 25.9 Å². The zero-order chi connectivity index (χ0) is 11.0. The second kappa shape index (κ2) is 3.47. The molecule has 0 aliphatic heterocycles. The summed E-state index contributed by atoms with van der Waals surface area (Å²) in [6.45, 7) is 0. The van der Waals surface area contributed by atoms with Gasteiger partial charge in [-0.05, 0) is 12.1 Å². The highest BCUT2D eigenvalue weighted by atomic mass is 35.5. The first-order valence-corrected chi connectivity index (χ1v) is 4.50. The molecular weight excluding hydrogens is 220 g/mol. The van der Waals surface area contributed by atoms with Gasteiger partial charge in [-0.25, -0.2) is 4.79 Å². The first-order chi connectivity index (χ1) is 7.13. The van der Waals surface area contributed by atoms with Crippen molar-refractivity contribution >= 4 is 28.5 Å². The van der Waals surface area contributed by atoms with E-state index in [9.17, 15) is 4.79 Å². The van der Waals surface area contributed by atoms with Crippen LogP contribution in [0.2, 0.25) is 5.02 Å². The van der Waals surface area contributed by atoms with Crippen LogP contribution in [-0.2, 0) is 0 Å². The summed E-state index contributed by atoms with van der Waals surface area (Å²) in [7, 11) is 1.39. The second-order valence-corrected chi connectivity index (χ2v) is 3.35. The van der Waals surface area contributed by atoms with Crippen molar-refractivity contribution < 1.29 is 19.1 Å². The fraction of sp³-hybridized carbons (Fsp3) is 0.100. The lowest BCUT2D eigenvalue weighted by Gasteiger charge is -1.96. The van der Waals surface area contributed by atoms with Crippen LogP contribution in [0.1, 0.15) is 10.6 Å². The molecule has 1 aromatic carbocycles. The molecule has 15 heavy (non-hydrogen) atoms. The standard InChI is InChI=1S/C10H7ClO4/c1-14-8-6-3-2-5(11)4-7(6)15-9(8)10(12)13/h2-4H,1H3,(H,12,13). The summed E-state index contributed by atoms with van der Waals surface area (Å²) >= 11 is 5.75. The first-order valence-electron chi connectivity index (χ1n) is 4.13. The highest BCUT2D eigenvalue weighted by Gasteiger charge is 2.20. The van der Waals surface area contributed by atoms with Crippen molar-refractivity contribution in [2.75, 3.05) is 7.11 Å². The Kier molecular flexibility index (Phi) is 2.28. The molecular formula is C10H7ClO4. The van der Waals surface area contributed by atoms with Gasteiger partial charge in [-0.15, -0.1) is 0 Å². The highest BCUT2D eigenvalue weighted by molar-refractivity contribution is 6.31. The van der Waals surface area contributed by atoms with Crippen molar-refractivity contribution in [2.45, 2.75) is 0 Å². The van der Waals surface area contributed by atoms with Gasteiger partial charge in [0.15, 0.2) is 5.75 Å². The number of carbonyl (C=O) groups is 1. The van der Waals surface area contributed by atoms with E-state index in [1.165, 1.54) is 7.11 Å². The number of furan rings is 1. The van der Waals surface area contributed by atoms with Gasteiger partial charge in [0.25, 0.3) is 5.76 Å². The molecule has 0 amide bonds. The summed E-state index contributed by atoms with van der Waals surface area (Å²) in [6.07, 6.45) is 0. The summed E-state index contributed by atoms with van der Waals surface area (Å²) in [5, 5.41) is 9.94. The van der Waals surface area contributed by atoms with Gasteiger partial charge in [-0.1, -0.05) is 11.6 Å². The number of aromatic carboxylic acids is 1. The number of rotatable bonds is 2. The second-order valence-electron chi connectivity index (χ2n) is 2.91. The van der Waals surface area contributed by atoms with Gasteiger partial charge in [-0.2, -0.15) is 0 Å². The maximum atomic E-state index is 10.8. The molecule has 1 heterocycles. The van der Waals surface area contributed by atoms with Crippen molar-refractivity contribution in [3.05, 3.63) is 29.0 Å². The van der Waals surface area contributed by atoms with Crippen LogP contribution in [0.5, 0.6) is 5.75 Å². The minimum atomic E-state index is -1.17. The predicted molar refractivity (Wildman–Crippen MR) is 54.7 cm³/mol. The molecule has 0 unspecified atom stereocenters. The molecule has 0 atom stereocenters. The average Bonchev–Trinajstić information content (AvgIpc) is 2.55. The number of ether oxygens (including phenoxy) is 1. The number of halogens is 1. The van der Waals surface area contributed by atoms with E-state index in [1.807, 2.05) is 0 Å². The monoisotopic (exact) mass is 226 g/mol. The zero-order valence-corrected chi connectivity index (χ0v) is 8.54. The summed E-state index contributed by atoms with van der Waals surface area (Å²) in [6, 6.07) is 4.85. The van der Waals surface area contributed by atoms with Gasteiger partial charge in [0.2, 0.25) is 0 Å². The Morgan fingerprint density at radius 1 is 1.53 bits per heavy atom. The molecule has 0 aliphatic rings. The lowest BCUT2D eigenvalue weighted by molar-refractivity contribution is 0.0660. The molecule has 78 valence electrons. The molecule has 4 nitrogen and oxygen atoms in total. The molecule has 1 N–H and O–H groups in total. The van der Waals surface area contributed by atoms with Gasteiger partial charge < -0.3 is 14.3 Å². The van der Waals surface area contributed by atoms with Crippen molar-refractivity contribution in [2.24, 2.45) is 0 Å². The normalized spacial score (nSPS) is 10.5. The topological polar surface area (TPSA) is 59.7 Å². The maximum Gasteiger partial charge on any atom is 0.375 e. The minimum Gasteiger partial charge on any atom is -0.492 e. The fourth-order valence-electron chi connectivity index (χ4n) is 1.39. The largest absolute Gasteiger partial charge is 0.492 e. The first kappa shape index (κ1) is 9.86. The Bertz CT molecular complexity index is 529. The average molecular weight is 227 g/mol. The van der Waals surface area contributed by atoms with E-state index in [-0.39, 0.29) is 11.5 Å². The smallest absolute Gasteiger partial charge is 0.375 e. The van der Waals surface area contributed by atoms with Crippen LogP contribution in [0, 0.1) is 0 Å². The predicted octanol–water partition coefficient (Wildman–Crippen LogP) is 2.79. The quantitative estimate of drug-likeness (QED) is 0.855. The van der Waals surface area contributed by atoms with Crippen LogP contribution in [0.25, 0.3) is 11.0 Å². The Labute approximate surface area is 90.0 Å². The number of benzene rings is 1. The molecule has 0 radical (unpaired) electrons. The lowest BCUT2D eigenvalue weighted by Crippen LogP contribution is -1.96. The summed E-state index contributed by atoms with van der Waals surface area (Å²) in [5.74, 6) is -1.16. The SMILES string of the molecule is COc1c(C(=O)O)oc2cc(Cl)ccc12. The third-order valence-electron chi connectivity index (χ3n) is 2.00. The number of fused-ring (bicyclic) bond motifs is 1. The van der Waals surface area contributed by atoms with Crippen LogP contribution >= 0.6 is 11.6 Å². The Morgan fingerprint density at radius 2 is 2.27 bits per heavy atom. The van der Waals surface area contributed by atoms with Crippen molar-refractivity contribution in [3.8, 4) is 5.75 Å². The van der Waals surface area contributed by atoms with E-state index in [1.54, 1.807) is 18.2 Å². The molecule has 2 rings (SSSR count). The summed E-state index contributed by atoms with van der Waals surface area (Å²) < 4.78 is 10.1. The van der Waals surface area contributed by atoms with Gasteiger partial charge in [-0.3, -0.25) is 0 Å². The summed E-state index contributed by atoms with van der Waals surface area (Å²) in [5.41, 5.74) is 0.400. The third-order valence-corrected chi connectivity index (χ3v) is 2.24. The molecule has 0 saturated heterocycles. The third kappa shape index (κ3) is 1.53. The number of hydrogen-bond acceptors (Lipinski definition) is 3. The van der Waals surface area contributed by atoms with Gasteiger partial charge >= 0.3 is 5.97 Å². The van der Waals surface area contributed by atoms with Gasteiger partial charge in [0, 0.05) is 11.1 Å². The number of carboxylic acid groups (broad SMARTS) is 1. The van der Waals surface area contributed by atoms with Crippen LogP contribution in [0.4, 0.5) is 0 Å². The Balaban J connectivity index is 2.78. The van der Waals surface area contributed by atoms with E-state index in [0.717, 1.165) is 0 Å². The fourth-order valence-corrected chi connectivity index (χ4v) is 1.55. The van der Waals surface area contributed by atoms with Crippen molar-refractivity contribution in [1.29, 1.82) is 0 Å². The van der Waals surface area contributed by atoms with Gasteiger partial charge in [0.05, 0.1) is 12.5 Å². The van der Waals surface area contributed by atoms with E-state index in [2.05, 4.69) is 0 Å². The minimum absolute atomic E-state index is 0.213. The Morgan fingerprint density at radius 3 is 2.87 bits per heavy atom. The molecule has 0 saturated carbocycles. The molecule has 0 aliphatic carbocycles. The lowest BCUT2D eigenvalue weighted by atomic mass is 10.2. The van der Waals surface area contributed by atoms with E-state index < -0.39 is 5.97 Å². The van der Waals surface area contributed by atoms with Crippen molar-refractivity contribution in [3.63, 3.8) is 0 Å². The van der Waals surface area contributed by atoms with E-state index in [0.29, 0.717) is 16.0 Å². The molecule has 1 aromatic heterocycles. The summed E-state index contributed by atoms with van der Waals surface area (Å²) in [4.78, 5) is 10.8. The van der Waals surface area contributed by atoms with Crippen LogP contribution < -0.4 is 4.74 Å². The molecule has 0 fully saturated rings. The number of carboxylic acids is 1.